The topological polar surface area (TPSA) is 118 Å². The van der Waals surface area contributed by atoms with Gasteiger partial charge in [0.05, 0.1) is 29.6 Å². The summed E-state index contributed by atoms with van der Waals surface area (Å²) in [6.07, 6.45) is 3.21. The summed E-state index contributed by atoms with van der Waals surface area (Å²) < 4.78 is 8.11. The predicted octanol–water partition coefficient (Wildman–Crippen LogP) is 5.12. The largest absolute Gasteiger partial charge is 0.465 e. The Hall–Kier alpha value is -4.43. The van der Waals surface area contributed by atoms with Gasteiger partial charge in [-0.2, -0.15) is 5.10 Å². The third-order valence-corrected chi connectivity index (χ3v) is 7.23. The van der Waals surface area contributed by atoms with Gasteiger partial charge in [0.2, 0.25) is 5.43 Å². The van der Waals surface area contributed by atoms with Gasteiger partial charge in [0.1, 0.15) is 11.3 Å². The lowest BCUT2D eigenvalue weighted by Crippen LogP contribution is -2.50. The molecule has 8 nitrogen and oxygen atoms in total. The number of aromatic nitrogens is 2. The molecular weight excluding hydrogens is 470 g/mol. The molecule has 0 aliphatic heterocycles. The van der Waals surface area contributed by atoms with E-state index in [4.69, 9.17) is 4.42 Å². The summed E-state index contributed by atoms with van der Waals surface area (Å²) in [6, 6.07) is 20.6. The lowest BCUT2D eigenvalue weighted by atomic mass is 9.71. The first-order valence-electron chi connectivity index (χ1n) is 12.2. The molecule has 0 unspecified atom stereocenters. The minimum absolute atomic E-state index is 0.0471. The van der Waals surface area contributed by atoms with E-state index < -0.39 is 11.6 Å². The van der Waals surface area contributed by atoms with Crippen molar-refractivity contribution in [3.8, 4) is 22.5 Å². The highest BCUT2D eigenvalue weighted by molar-refractivity contribution is 6.03. The van der Waals surface area contributed by atoms with Crippen LogP contribution in [0.1, 0.15) is 24.8 Å². The summed E-state index contributed by atoms with van der Waals surface area (Å²) in [5, 5.41) is 27.1. The van der Waals surface area contributed by atoms with Crippen LogP contribution in [-0.2, 0) is 12.1 Å². The van der Waals surface area contributed by atoms with E-state index in [1.54, 1.807) is 10.7 Å². The number of amides is 1. The van der Waals surface area contributed by atoms with Crippen molar-refractivity contribution in [2.24, 2.45) is 0 Å². The standard InChI is InChI=1S/C29H25N3O5/c33-16-15-32-17-20-9-12-22-25(34)23(26(19-5-2-1-3-6-19)37-27(22)24(20)31-32)18-7-10-21(11-8-18)29(13-4-14-29)30-28(35)36/h1-3,5-12,17,30,33H,4,13-16H2,(H,35,36). The lowest BCUT2D eigenvalue weighted by Gasteiger charge is -2.42. The fourth-order valence-electron chi connectivity index (χ4n) is 5.23. The van der Waals surface area contributed by atoms with Gasteiger partial charge in [-0.15, -0.1) is 0 Å². The Balaban J connectivity index is 1.55. The first-order valence-corrected chi connectivity index (χ1v) is 12.2. The second-order valence-corrected chi connectivity index (χ2v) is 9.44. The second kappa shape index (κ2) is 8.90. The molecule has 0 saturated heterocycles. The van der Waals surface area contributed by atoms with E-state index in [9.17, 15) is 19.8 Å². The summed E-state index contributed by atoms with van der Waals surface area (Å²) in [4.78, 5) is 25.4. The normalized spacial score (nSPS) is 14.5. The van der Waals surface area contributed by atoms with Gasteiger partial charge < -0.3 is 19.9 Å². The number of nitrogens with zero attached hydrogens (tertiary/aromatic N) is 2. The van der Waals surface area contributed by atoms with Crippen LogP contribution in [0.2, 0.25) is 0 Å². The Morgan fingerprint density at radius 3 is 2.43 bits per heavy atom. The average molecular weight is 496 g/mol. The number of carbonyl (C=O) groups is 1. The van der Waals surface area contributed by atoms with Crippen molar-refractivity contribution in [1.82, 2.24) is 15.1 Å². The highest BCUT2D eigenvalue weighted by Gasteiger charge is 2.40. The van der Waals surface area contributed by atoms with Crippen molar-refractivity contribution in [3.63, 3.8) is 0 Å². The molecule has 8 heteroatoms. The molecule has 1 fully saturated rings. The first kappa shape index (κ1) is 23.0. The zero-order chi connectivity index (χ0) is 25.6. The van der Waals surface area contributed by atoms with Gasteiger partial charge in [-0.1, -0.05) is 60.7 Å². The van der Waals surface area contributed by atoms with E-state index in [2.05, 4.69) is 10.4 Å². The summed E-state index contributed by atoms with van der Waals surface area (Å²) >= 11 is 0. The molecule has 186 valence electrons. The molecule has 1 saturated carbocycles. The van der Waals surface area contributed by atoms with Crippen LogP contribution >= 0.6 is 0 Å². The van der Waals surface area contributed by atoms with Crippen LogP contribution in [0, 0.1) is 0 Å². The van der Waals surface area contributed by atoms with Crippen molar-refractivity contribution in [3.05, 3.63) is 88.7 Å². The first-order chi connectivity index (χ1) is 18.0. The average Bonchev–Trinajstić information content (AvgIpc) is 3.30. The molecule has 0 radical (unpaired) electrons. The third-order valence-electron chi connectivity index (χ3n) is 7.23. The lowest BCUT2D eigenvalue weighted by molar-refractivity contribution is 0.144. The Morgan fingerprint density at radius 1 is 1.03 bits per heavy atom. The molecule has 2 aromatic heterocycles. The molecule has 2 heterocycles. The highest BCUT2D eigenvalue weighted by Crippen LogP contribution is 2.42. The van der Waals surface area contributed by atoms with E-state index in [0.29, 0.717) is 39.9 Å². The number of rotatable bonds is 6. The molecule has 3 N–H and O–H groups in total. The van der Waals surface area contributed by atoms with Crippen molar-refractivity contribution < 1.29 is 19.4 Å². The van der Waals surface area contributed by atoms with Crippen molar-refractivity contribution in [1.29, 1.82) is 0 Å². The molecule has 1 amide bonds. The zero-order valence-corrected chi connectivity index (χ0v) is 20.0. The zero-order valence-electron chi connectivity index (χ0n) is 20.0. The molecular formula is C29H25N3O5. The van der Waals surface area contributed by atoms with Crippen LogP contribution in [0.15, 0.2) is 82.1 Å². The molecule has 0 spiro atoms. The van der Waals surface area contributed by atoms with Crippen molar-refractivity contribution in [2.45, 2.75) is 31.3 Å². The minimum Gasteiger partial charge on any atom is -0.465 e. The van der Waals surface area contributed by atoms with Crippen LogP contribution in [0.4, 0.5) is 4.79 Å². The molecule has 0 bridgehead atoms. The SMILES string of the molecule is O=C(O)NC1(c2ccc(-c3c(-c4ccccc4)oc4c(ccc5cn(CCO)nc54)c3=O)cc2)CCC1. The van der Waals surface area contributed by atoms with Gasteiger partial charge in [-0.05, 0) is 36.5 Å². The van der Waals surface area contributed by atoms with Crippen molar-refractivity contribution >= 4 is 28.0 Å². The van der Waals surface area contributed by atoms with Gasteiger partial charge in [0.15, 0.2) is 5.58 Å². The fraction of sp³-hybridized carbons (Fsp3) is 0.207. The number of fused-ring (bicyclic) bond motifs is 3. The van der Waals surface area contributed by atoms with Crippen molar-refractivity contribution in [2.75, 3.05) is 6.61 Å². The van der Waals surface area contributed by atoms with Crippen LogP contribution in [0.5, 0.6) is 0 Å². The molecule has 1 aliphatic rings. The summed E-state index contributed by atoms with van der Waals surface area (Å²) in [7, 11) is 0. The van der Waals surface area contributed by atoms with Crippen LogP contribution in [-0.4, -0.2) is 32.7 Å². The smallest absolute Gasteiger partial charge is 0.405 e. The number of aliphatic hydroxyl groups excluding tert-OH is 1. The van der Waals surface area contributed by atoms with E-state index in [0.717, 1.165) is 35.8 Å². The maximum Gasteiger partial charge on any atom is 0.405 e. The molecule has 1 aliphatic carbocycles. The van der Waals surface area contributed by atoms with E-state index in [1.165, 1.54) is 0 Å². The van der Waals surface area contributed by atoms with E-state index in [1.807, 2.05) is 66.9 Å². The Morgan fingerprint density at radius 2 is 1.78 bits per heavy atom. The Kier molecular flexibility index (Phi) is 5.53. The van der Waals surface area contributed by atoms with Crippen LogP contribution in [0.3, 0.4) is 0 Å². The van der Waals surface area contributed by atoms with Gasteiger partial charge in [-0.3, -0.25) is 9.48 Å². The quantitative estimate of drug-likeness (QED) is 0.301. The van der Waals surface area contributed by atoms with Gasteiger partial charge in [0.25, 0.3) is 0 Å². The molecule has 6 rings (SSSR count). The van der Waals surface area contributed by atoms with E-state index in [-0.39, 0.29) is 12.0 Å². The van der Waals surface area contributed by atoms with Crippen LogP contribution < -0.4 is 10.7 Å². The summed E-state index contributed by atoms with van der Waals surface area (Å²) in [5.74, 6) is 0.442. The number of carboxylic acid groups (broad SMARTS) is 1. The fourth-order valence-corrected chi connectivity index (χ4v) is 5.23. The Bertz CT molecular complexity index is 1680. The summed E-state index contributed by atoms with van der Waals surface area (Å²) in [6.45, 7) is 0.295. The molecule has 5 aromatic rings. The predicted molar refractivity (Wildman–Crippen MR) is 140 cm³/mol. The number of benzene rings is 3. The molecule has 37 heavy (non-hydrogen) atoms. The van der Waals surface area contributed by atoms with Gasteiger partial charge in [-0.25, -0.2) is 4.79 Å². The van der Waals surface area contributed by atoms with Gasteiger partial charge in [0, 0.05) is 17.1 Å². The van der Waals surface area contributed by atoms with E-state index >= 15 is 0 Å². The number of hydrogen-bond acceptors (Lipinski definition) is 5. The second-order valence-electron chi connectivity index (χ2n) is 9.44. The maximum absolute atomic E-state index is 14.0. The van der Waals surface area contributed by atoms with Gasteiger partial charge >= 0.3 is 6.09 Å². The molecule has 0 atom stereocenters. The van der Waals surface area contributed by atoms with Crippen LogP contribution in [0.25, 0.3) is 44.3 Å². The minimum atomic E-state index is -1.04. The number of hydrogen-bond donors (Lipinski definition) is 3. The Labute approximate surface area is 211 Å². The third kappa shape index (κ3) is 3.86. The molecule has 3 aromatic carbocycles. The maximum atomic E-state index is 14.0. The highest BCUT2D eigenvalue weighted by atomic mass is 16.4. The monoisotopic (exact) mass is 495 g/mol. The number of aliphatic hydroxyl groups is 1. The summed E-state index contributed by atoms with van der Waals surface area (Å²) in [5.41, 5.74) is 2.98. The number of nitrogens with one attached hydrogen (secondary N) is 1.